The zero-order valence-corrected chi connectivity index (χ0v) is 11.9. The lowest BCUT2D eigenvalue weighted by molar-refractivity contribution is 0.475. The summed E-state index contributed by atoms with van der Waals surface area (Å²) in [5, 5.41) is 9.34. The van der Waals surface area contributed by atoms with Crippen molar-refractivity contribution in [2.24, 2.45) is 5.73 Å². The lowest BCUT2D eigenvalue weighted by Crippen LogP contribution is -2.38. The molecule has 0 saturated carbocycles. The molecule has 0 heterocycles. The van der Waals surface area contributed by atoms with Gasteiger partial charge >= 0.3 is 0 Å². The van der Waals surface area contributed by atoms with Crippen LogP contribution in [0.25, 0.3) is 0 Å². The second-order valence-electron chi connectivity index (χ2n) is 5.04. The van der Waals surface area contributed by atoms with E-state index >= 15 is 0 Å². The van der Waals surface area contributed by atoms with Gasteiger partial charge in [0.05, 0.1) is 0 Å². The van der Waals surface area contributed by atoms with Crippen molar-refractivity contribution in [3.05, 3.63) is 60.2 Å². The van der Waals surface area contributed by atoms with Crippen LogP contribution in [0.3, 0.4) is 0 Å². The van der Waals surface area contributed by atoms with Crippen molar-refractivity contribution in [2.45, 2.75) is 18.9 Å². The standard InChI is InChI=1S/C17H22N2O/c1-19(15-9-11-17(20)12-10-15)16(13-18)8-7-14-5-3-2-4-6-14/h2-6,9-12,16,20H,7-8,13,18H2,1H3. The third-order valence-electron chi connectivity index (χ3n) is 3.69. The minimum Gasteiger partial charge on any atom is -0.508 e. The first-order chi connectivity index (χ1) is 9.70. The van der Waals surface area contributed by atoms with E-state index < -0.39 is 0 Å². The highest BCUT2D eigenvalue weighted by molar-refractivity contribution is 5.49. The van der Waals surface area contributed by atoms with E-state index in [1.807, 2.05) is 18.2 Å². The van der Waals surface area contributed by atoms with E-state index in [1.54, 1.807) is 12.1 Å². The highest BCUT2D eigenvalue weighted by Gasteiger charge is 2.13. The van der Waals surface area contributed by atoms with Gasteiger partial charge in [0.1, 0.15) is 5.75 Å². The lowest BCUT2D eigenvalue weighted by Gasteiger charge is -2.29. The van der Waals surface area contributed by atoms with Crippen molar-refractivity contribution >= 4 is 5.69 Å². The number of nitrogens with zero attached hydrogens (tertiary/aromatic N) is 1. The molecule has 3 N–H and O–H groups in total. The number of aromatic hydroxyl groups is 1. The van der Waals surface area contributed by atoms with Crippen LogP contribution in [0.15, 0.2) is 54.6 Å². The fourth-order valence-electron chi connectivity index (χ4n) is 2.35. The Labute approximate surface area is 120 Å². The number of hydrogen-bond acceptors (Lipinski definition) is 3. The zero-order valence-electron chi connectivity index (χ0n) is 11.9. The molecule has 3 nitrogen and oxygen atoms in total. The number of likely N-dealkylation sites (N-methyl/N-ethyl adjacent to an activating group) is 1. The topological polar surface area (TPSA) is 49.5 Å². The van der Waals surface area contributed by atoms with Gasteiger partial charge in [0.2, 0.25) is 0 Å². The second kappa shape index (κ2) is 6.96. The van der Waals surface area contributed by atoms with E-state index in [9.17, 15) is 5.11 Å². The van der Waals surface area contributed by atoms with Gasteiger partial charge in [-0.1, -0.05) is 30.3 Å². The molecule has 0 aliphatic rings. The molecule has 0 radical (unpaired) electrons. The van der Waals surface area contributed by atoms with E-state index in [0.717, 1.165) is 18.5 Å². The van der Waals surface area contributed by atoms with E-state index in [4.69, 9.17) is 5.73 Å². The summed E-state index contributed by atoms with van der Waals surface area (Å²) in [6.07, 6.45) is 2.03. The molecule has 0 aromatic heterocycles. The van der Waals surface area contributed by atoms with E-state index in [1.165, 1.54) is 5.56 Å². The molecule has 0 aliphatic carbocycles. The average Bonchev–Trinajstić information content (AvgIpc) is 2.49. The fraction of sp³-hybridized carbons (Fsp3) is 0.294. The van der Waals surface area contributed by atoms with Crippen molar-refractivity contribution in [1.29, 1.82) is 0 Å². The normalized spacial score (nSPS) is 12.1. The van der Waals surface area contributed by atoms with Gasteiger partial charge in [0, 0.05) is 25.3 Å². The maximum absolute atomic E-state index is 9.34. The van der Waals surface area contributed by atoms with Gasteiger partial charge in [-0.15, -0.1) is 0 Å². The first kappa shape index (κ1) is 14.4. The molecule has 2 aromatic rings. The molecule has 0 fully saturated rings. The predicted octanol–water partition coefficient (Wildman–Crippen LogP) is 2.79. The Hall–Kier alpha value is -2.00. The predicted molar refractivity (Wildman–Crippen MR) is 84.1 cm³/mol. The van der Waals surface area contributed by atoms with Gasteiger partial charge in [0.15, 0.2) is 0 Å². The summed E-state index contributed by atoms with van der Waals surface area (Å²) < 4.78 is 0. The van der Waals surface area contributed by atoms with Crippen molar-refractivity contribution in [3.63, 3.8) is 0 Å². The number of hydrogen-bond donors (Lipinski definition) is 2. The molecule has 0 amide bonds. The van der Waals surface area contributed by atoms with Crippen LogP contribution in [0.4, 0.5) is 5.69 Å². The maximum atomic E-state index is 9.34. The number of phenolic OH excluding ortho intramolecular Hbond substituents is 1. The molecular weight excluding hydrogens is 248 g/mol. The van der Waals surface area contributed by atoms with Crippen molar-refractivity contribution in [2.75, 3.05) is 18.5 Å². The number of phenols is 1. The minimum atomic E-state index is 0.288. The summed E-state index contributed by atoms with van der Waals surface area (Å²) >= 11 is 0. The fourth-order valence-corrected chi connectivity index (χ4v) is 2.35. The van der Waals surface area contributed by atoms with Crippen LogP contribution in [0, 0.1) is 0 Å². The molecular formula is C17H22N2O. The average molecular weight is 270 g/mol. The number of anilines is 1. The van der Waals surface area contributed by atoms with Crippen molar-refractivity contribution in [3.8, 4) is 5.75 Å². The van der Waals surface area contributed by atoms with E-state index in [2.05, 4.69) is 36.2 Å². The Bertz CT molecular complexity index is 510. The quantitative estimate of drug-likeness (QED) is 0.848. The Morgan fingerprint density at radius 2 is 1.70 bits per heavy atom. The van der Waals surface area contributed by atoms with Gasteiger partial charge in [-0.3, -0.25) is 0 Å². The summed E-state index contributed by atoms with van der Waals surface area (Å²) in [5.74, 6) is 0.288. The van der Waals surface area contributed by atoms with Crippen LogP contribution < -0.4 is 10.6 Å². The number of benzene rings is 2. The van der Waals surface area contributed by atoms with Crippen LogP contribution in [0.1, 0.15) is 12.0 Å². The molecule has 3 heteroatoms. The third kappa shape index (κ3) is 3.75. The molecule has 0 aliphatic heterocycles. The van der Waals surface area contributed by atoms with E-state index in [-0.39, 0.29) is 5.75 Å². The summed E-state index contributed by atoms with van der Waals surface area (Å²) in [4.78, 5) is 2.18. The largest absolute Gasteiger partial charge is 0.508 e. The highest BCUT2D eigenvalue weighted by atomic mass is 16.3. The van der Waals surface area contributed by atoms with E-state index in [0.29, 0.717) is 12.6 Å². The summed E-state index contributed by atoms with van der Waals surface area (Å²) in [5.41, 5.74) is 8.33. The second-order valence-corrected chi connectivity index (χ2v) is 5.04. The Balaban J connectivity index is 1.98. The number of rotatable bonds is 6. The minimum absolute atomic E-state index is 0.288. The third-order valence-corrected chi connectivity index (χ3v) is 3.69. The van der Waals surface area contributed by atoms with Crippen LogP contribution in [-0.4, -0.2) is 24.7 Å². The number of nitrogens with two attached hydrogens (primary N) is 1. The zero-order chi connectivity index (χ0) is 14.4. The molecule has 1 unspecified atom stereocenters. The highest BCUT2D eigenvalue weighted by Crippen LogP contribution is 2.20. The Kier molecular flexibility index (Phi) is 5.02. The molecule has 2 rings (SSSR count). The first-order valence-electron chi connectivity index (χ1n) is 6.96. The summed E-state index contributed by atoms with van der Waals surface area (Å²) in [6.45, 7) is 0.615. The van der Waals surface area contributed by atoms with Crippen molar-refractivity contribution in [1.82, 2.24) is 0 Å². The molecule has 2 aromatic carbocycles. The van der Waals surface area contributed by atoms with Gasteiger partial charge in [-0.25, -0.2) is 0 Å². The van der Waals surface area contributed by atoms with Gasteiger partial charge in [0.25, 0.3) is 0 Å². The first-order valence-corrected chi connectivity index (χ1v) is 6.96. The smallest absolute Gasteiger partial charge is 0.115 e. The van der Waals surface area contributed by atoms with Gasteiger partial charge < -0.3 is 15.7 Å². The molecule has 0 bridgehead atoms. The van der Waals surface area contributed by atoms with Crippen LogP contribution in [0.2, 0.25) is 0 Å². The summed E-state index contributed by atoms with van der Waals surface area (Å²) in [6, 6.07) is 18.0. The molecule has 0 saturated heterocycles. The maximum Gasteiger partial charge on any atom is 0.115 e. The van der Waals surface area contributed by atoms with Crippen LogP contribution >= 0.6 is 0 Å². The molecule has 0 spiro atoms. The lowest BCUT2D eigenvalue weighted by atomic mass is 10.0. The molecule has 106 valence electrons. The number of aryl methyl sites for hydroxylation is 1. The molecule has 20 heavy (non-hydrogen) atoms. The van der Waals surface area contributed by atoms with Gasteiger partial charge in [-0.2, -0.15) is 0 Å². The van der Waals surface area contributed by atoms with Gasteiger partial charge in [-0.05, 0) is 42.7 Å². The van der Waals surface area contributed by atoms with Crippen molar-refractivity contribution < 1.29 is 5.11 Å². The van der Waals surface area contributed by atoms with Crippen LogP contribution in [0.5, 0.6) is 5.75 Å². The Morgan fingerprint density at radius 3 is 2.30 bits per heavy atom. The van der Waals surface area contributed by atoms with Crippen LogP contribution in [-0.2, 0) is 6.42 Å². The summed E-state index contributed by atoms with van der Waals surface area (Å²) in [7, 11) is 2.05. The molecule has 1 atom stereocenters. The Morgan fingerprint density at radius 1 is 1.05 bits per heavy atom. The SMILES string of the molecule is CN(c1ccc(O)cc1)C(CN)CCc1ccccc1. The monoisotopic (exact) mass is 270 g/mol.